The second kappa shape index (κ2) is 7.98. The molecule has 0 aromatic heterocycles. The monoisotopic (exact) mass is 312 g/mol. The molecule has 0 unspecified atom stereocenters. The summed E-state index contributed by atoms with van der Waals surface area (Å²) in [4.78, 5) is 23.8. The summed E-state index contributed by atoms with van der Waals surface area (Å²) in [6.07, 6.45) is -0.624. The highest BCUT2D eigenvalue weighted by molar-refractivity contribution is 5.96. The highest BCUT2D eigenvalue weighted by atomic mass is 16.5. The standard InChI is InChI=1S/C18H20N2O3/c1-13-8-6-7-11-16(13)20-17(21)14(2)19-18(22)23-12-15-9-4-3-5-10-15/h3-11,14H,12H2,1-2H3,(H,19,22)(H,20,21)/t14-/m0/s1. The summed E-state index contributed by atoms with van der Waals surface area (Å²) in [6.45, 7) is 3.68. The summed E-state index contributed by atoms with van der Waals surface area (Å²) in [7, 11) is 0. The quantitative estimate of drug-likeness (QED) is 0.890. The van der Waals surface area contributed by atoms with E-state index >= 15 is 0 Å². The predicted octanol–water partition coefficient (Wildman–Crippen LogP) is 3.25. The molecule has 0 saturated carbocycles. The predicted molar refractivity (Wildman–Crippen MR) is 89.0 cm³/mol. The van der Waals surface area contributed by atoms with E-state index < -0.39 is 12.1 Å². The fourth-order valence-electron chi connectivity index (χ4n) is 1.96. The van der Waals surface area contributed by atoms with Crippen molar-refractivity contribution in [1.29, 1.82) is 0 Å². The summed E-state index contributed by atoms with van der Waals surface area (Å²) in [6, 6.07) is 16.1. The molecule has 2 N–H and O–H groups in total. The first-order chi connectivity index (χ1) is 11.1. The maximum atomic E-state index is 12.1. The van der Waals surface area contributed by atoms with E-state index in [-0.39, 0.29) is 12.5 Å². The molecule has 2 aromatic carbocycles. The van der Waals surface area contributed by atoms with Gasteiger partial charge >= 0.3 is 6.09 Å². The molecule has 5 nitrogen and oxygen atoms in total. The minimum absolute atomic E-state index is 0.165. The zero-order valence-electron chi connectivity index (χ0n) is 13.2. The highest BCUT2D eigenvalue weighted by Gasteiger charge is 2.17. The van der Waals surface area contributed by atoms with E-state index in [1.807, 2.05) is 61.5 Å². The number of hydrogen-bond acceptors (Lipinski definition) is 3. The summed E-state index contributed by atoms with van der Waals surface area (Å²) < 4.78 is 5.09. The van der Waals surface area contributed by atoms with Gasteiger partial charge in [0.25, 0.3) is 0 Å². The molecule has 1 atom stereocenters. The van der Waals surface area contributed by atoms with Crippen molar-refractivity contribution in [1.82, 2.24) is 5.32 Å². The Bertz CT molecular complexity index is 671. The van der Waals surface area contributed by atoms with E-state index in [1.165, 1.54) is 0 Å². The number of nitrogens with one attached hydrogen (secondary N) is 2. The van der Waals surface area contributed by atoms with E-state index in [0.717, 1.165) is 16.8 Å². The van der Waals surface area contributed by atoms with Gasteiger partial charge in [-0.25, -0.2) is 4.79 Å². The zero-order chi connectivity index (χ0) is 16.7. The van der Waals surface area contributed by atoms with Gasteiger partial charge < -0.3 is 15.4 Å². The van der Waals surface area contributed by atoms with Crippen LogP contribution in [0.4, 0.5) is 10.5 Å². The first-order valence-corrected chi connectivity index (χ1v) is 7.40. The van der Waals surface area contributed by atoms with Crippen LogP contribution >= 0.6 is 0 Å². The minimum atomic E-state index is -0.696. The van der Waals surface area contributed by atoms with Gasteiger partial charge in [-0.05, 0) is 31.0 Å². The lowest BCUT2D eigenvalue weighted by Crippen LogP contribution is -2.41. The second-order valence-corrected chi connectivity index (χ2v) is 5.23. The van der Waals surface area contributed by atoms with Gasteiger partial charge in [0.1, 0.15) is 12.6 Å². The van der Waals surface area contributed by atoms with Gasteiger partial charge in [-0.2, -0.15) is 0 Å². The van der Waals surface area contributed by atoms with Crippen molar-refractivity contribution in [2.75, 3.05) is 5.32 Å². The Morgan fingerprint density at radius 3 is 2.39 bits per heavy atom. The van der Waals surface area contributed by atoms with Crippen molar-refractivity contribution in [3.63, 3.8) is 0 Å². The summed E-state index contributed by atoms with van der Waals surface area (Å²) >= 11 is 0. The van der Waals surface area contributed by atoms with Gasteiger partial charge in [-0.1, -0.05) is 48.5 Å². The van der Waals surface area contributed by atoms with Gasteiger partial charge in [0.2, 0.25) is 5.91 Å². The first kappa shape index (κ1) is 16.5. The van der Waals surface area contributed by atoms with Gasteiger partial charge in [-0.3, -0.25) is 4.79 Å². The van der Waals surface area contributed by atoms with E-state index in [9.17, 15) is 9.59 Å². The summed E-state index contributed by atoms with van der Waals surface area (Å²) in [5, 5.41) is 5.30. The van der Waals surface area contributed by atoms with Gasteiger partial charge in [0.15, 0.2) is 0 Å². The lowest BCUT2D eigenvalue weighted by atomic mass is 10.2. The van der Waals surface area contributed by atoms with Crippen molar-refractivity contribution in [3.05, 3.63) is 65.7 Å². The Balaban J connectivity index is 1.81. The van der Waals surface area contributed by atoms with Crippen molar-refractivity contribution in [3.8, 4) is 0 Å². The average Bonchev–Trinajstić information content (AvgIpc) is 2.56. The van der Waals surface area contributed by atoms with Crippen LogP contribution in [0.1, 0.15) is 18.1 Å². The molecule has 0 aliphatic rings. The van der Waals surface area contributed by atoms with Crippen LogP contribution in [0.3, 0.4) is 0 Å². The number of alkyl carbamates (subject to hydrolysis) is 1. The number of amides is 2. The average molecular weight is 312 g/mol. The molecular formula is C18H20N2O3. The maximum Gasteiger partial charge on any atom is 0.408 e. The molecule has 2 rings (SSSR count). The fraction of sp³-hybridized carbons (Fsp3) is 0.222. The molecule has 0 radical (unpaired) electrons. The number of para-hydroxylation sites is 1. The molecule has 5 heteroatoms. The topological polar surface area (TPSA) is 67.4 Å². The fourth-order valence-corrected chi connectivity index (χ4v) is 1.96. The van der Waals surface area contributed by atoms with Crippen LogP contribution in [-0.2, 0) is 16.1 Å². The van der Waals surface area contributed by atoms with Crippen LogP contribution in [0.5, 0.6) is 0 Å². The van der Waals surface area contributed by atoms with Crippen LogP contribution in [0.25, 0.3) is 0 Å². The van der Waals surface area contributed by atoms with Gasteiger partial charge in [0, 0.05) is 5.69 Å². The Morgan fingerprint density at radius 1 is 1.04 bits per heavy atom. The van der Waals surface area contributed by atoms with Crippen LogP contribution in [0, 0.1) is 6.92 Å². The summed E-state index contributed by atoms with van der Waals surface area (Å²) in [5.74, 6) is -0.295. The maximum absolute atomic E-state index is 12.1. The van der Waals surface area contributed by atoms with Crippen LogP contribution in [-0.4, -0.2) is 18.0 Å². The number of carbonyl (C=O) groups is 2. The van der Waals surface area contributed by atoms with Gasteiger partial charge in [-0.15, -0.1) is 0 Å². The van der Waals surface area contributed by atoms with Gasteiger partial charge in [0.05, 0.1) is 0 Å². The van der Waals surface area contributed by atoms with Crippen molar-refractivity contribution >= 4 is 17.7 Å². The number of carbonyl (C=O) groups excluding carboxylic acids is 2. The SMILES string of the molecule is Cc1ccccc1NC(=O)[C@H](C)NC(=O)OCc1ccccc1. The molecule has 2 amide bonds. The number of anilines is 1. The van der Waals surface area contributed by atoms with E-state index in [0.29, 0.717) is 0 Å². The number of rotatable bonds is 5. The molecule has 0 saturated heterocycles. The Morgan fingerprint density at radius 2 is 1.70 bits per heavy atom. The Kier molecular flexibility index (Phi) is 5.74. The number of hydrogen-bond donors (Lipinski definition) is 2. The molecule has 0 aliphatic carbocycles. The molecule has 2 aromatic rings. The zero-order valence-corrected chi connectivity index (χ0v) is 13.2. The molecule has 0 bridgehead atoms. The molecule has 0 heterocycles. The largest absolute Gasteiger partial charge is 0.445 e. The Hall–Kier alpha value is -2.82. The van der Waals surface area contributed by atoms with Crippen LogP contribution in [0.2, 0.25) is 0 Å². The molecule has 0 spiro atoms. The third kappa shape index (κ3) is 5.14. The van der Waals surface area contributed by atoms with Crippen molar-refractivity contribution in [2.24, 2.45) is 0 Å². The lowest BCUT2D eigenvalue weighted by Gasteiger charge is -2.15. The van der Waals surface area contributed by atoms with Crippen molar-refractivity contribution in [2.45, 2.75) is 26.5 Å². The lowest BCUT2D eigenvalue weighted by molar-refractivity contribution is -0.117. The van der Waals surface area contributed by atoms with E-state index in [1.54, 1.807) is 6.92 Å². The molecule has 0 aliphatic heterocycles. The Labute approximate surface area is 135 Å². The molecule has 120 valence electrons. The summed E-state index contributed by atoms with van der Waals surface area (Å²) in [5.41, 5.74) is 2.57. The van der Waals surface area contributed by atoms with Crippen LogP contribution in [0.15, 0.2) is 54.6 Å². The second-order valence-electron chi connectivity index (χ2n) is 5.23. The molecular weight excluding hydrogens is 292 g/mol. The molecule has 23 heavy (non-hydrogen) atoms. The highest BCUT2D eigenvalue weighted by Crippen LogP contribution is 2.13. The minimum Gasteiger partial charge on any atom is -0.445 e. The van der Waals surface area contributed by atoms with Crippen LogP contribution < -0.4 is 10.6 Å². The van der Waals surface area contributed by atoms with E-state index in [4.69, 9.17) is 4.74 Å². The number of benzene rings is 2. The van der Waals surface area contributed by atoms with E-state index in [2.05, 4.69) is 10.6 Å². The number of ether oxygens (including phenoxy) is 1. The molecule has 0 fully saturated rings. The smallest absolute Gasteiger partial charge is 0.408 e. The third-order valence-electron chi connectivity index (χ3n) is 3.34. The normalized spacial score (nSPS) is 11.4. The third-order valence-corrected chi connectivity index (χ3v) is 3.34. The van der Waals surface area contributed by atoms with Crippen molar-refractivity contribution < 1.29 is 14.3 Å². The number of aryl methyl sites for hydroxylation is 1. The first-order valence-electron chi connectivity index (χ1n) is 7.40.